The second kappa shape index (κ2) is 18.1. The zero-order valence-corrected chi connectivity index (χ0v) is 29.6. The molecule has 4 N–H and O–H groups in total. The van der Waals surface area contributed by atoms with E-state index in [1.54, 1.807) is 0 Å². The van der Waals surface area contributed by atoms with Crippen LogP contribution in [0.1, 0.15) is 65.7 Å². The van der Waals surface area contributed by atoms with Crippen molar-refractivity contribution in [3.63, 3.8) is 0 Å². The van der Waals surface area contributed by atoms with Gasteiger partial charge in [0.25, 0.3) is 0 Å². The lowest BCUT2D eigenvalue weighted by molar-refractivity contribution is -0.276. The van der Waals surface area contributed by atoms with Crippen molar-refractivity contribution in [1.29, 1.82) is 0 Å². The van der Waals surface area contributed by atoms with E-state index < -0.39 is 30.4 Å². The van der Waals surface area contributed by atoms with Gasteiger partial charge >= 0.3 is 12.0 Å². The molecule has 270 valence electrons. The topological polar surface area (TPSA) is 130 Å². The first-order valence-electron chi connectivity index (χ1n) is 17.4. The van der Waals surface area contributed by atoms with Crippen LogP contribution in [0.2, 0.25) is 0 Å². The number of hydrogen-bond donors (Lipinski definition) is 4. The summed E-state index contributed by atoms with van der Waals surface area (Å²) >= 11 is 0. The molecule has 4 aromatic rings. The third-order valence-electron chi connectivity index (χ3n) is 9.66. The number of likely N-dealkylation sites (N-methyl/N-ethyl adjacent to an activating group) is 1. The molecule has 1 heterocycles. The number of urea groups is 1. The molecule has 51 heavy (non-hydrogen) atoms. The van der Waals surface area contributed by atoms with Gasteiger partial charge in [-0.1, -0.05) is 116 Å². The Morgan fingerprint density at radius 2 is 1.45 bits per heavy atom. The van der Waals surface area contributed by atoms with Crippen LogP contribution in [-0.2, 0) is 38.6 Å². The summed E-state index contributed by atoms with van der Waals surface area (Å²) in [5.74, 6) is -0.545. The molecule has 1 aliphatic heterocycles. The molecule has 0 bridgehead atoms. The average Bonchev–Trinajstić information content (AvgIpc) is 3.17. The number of carbonyl (C=O) groups is 2. The van der Waals surface area contributed by atoms with Gasteiger partial charge in [-0.15, -0.1) is 0 Å². The standard InChI is InChI=1S/C41H49N3O7/c1-27-36(25-44(3)28(2)37(46)32-13-9-6-10-14-32)50-40(51-38(27)33-19-17-31(26-45)18-20-33)34-21-15-30(16-22-34)24-42-41(48)43-35(39(47)49-4)23-29-11-7-5-8-12-29/h5-22,27-28,35-38,40,45-46H,23-26H2,1-4H3,(H2,42,43,48)/t27-,28+,35+,36+,37+,38+,40+/m1/s1. The zero-order valence-electron chi connectivity index (χ0n) is 29.6. The Balaban J connectivity index is 1.26. The third-order valence-corrected chi connectivity index (χ3v) is 9.66. The Morgan fingerprint density at radius 3 is 2.08 bits per heavy atom. The Labute approximate surface area is 300 Å². The van der Waals surface area contributed by atoms with Crippen LogP contribution in [-0.4, -0.2) is 66.0 Å². The van der Waals surface area contributed by atoms with Crippen molar-refractivity contribution in [1.82, 2.24) is 15.5 Å². The molecule has 4 aromatic carbocycles. The van der Waals surface area contributed by atoms with Crippen LogP contribution >= 0.6 is 0 Å². The van der Waals surface area contributed by atoms with Crippen molar-refractivity contribution in [3.05, 3.63) is 143 Å². The first-order valence-corrected chi connectivity index (χ1v) is 17.4. The molecule has 0 aromatic heterocycles. The molecule has 1 saturated heterocycles. The van der Waals surface area contributed by atoms with Gasteiger partial charge in [-0.3, -0.25) is 4.90 Å². The van der Waals surface area contributed by atoms with Gasteiger partial charge in [0.15, 0.2) is 6.29 Å². The van der Waals surface area contributed by atoms with E-state index in [1.165, 1.54) is 7.11 Å². The molecular formula is C41H49N3O7. The summed E-state index contributed by atoms with van der Waals surface area (Å²) in [7, 11) is 3.30. The highest BCUT2D eigenvalue weighted by Crippen LogP contribution is 2.42. The van der Waals surface area contributed by atoms with Crippen LogP contribution in [0.5, 0.6) is 0 Å². The predicted octanol–water partition coefficient (Wildman–Crippen LogP) is 5.61. The molecule has 7 atom stereocenters. The highest BCUT2D eigenvalue weighted by Gasteiger charge is 2.39. The number of aliphatic hydroxyl groups is 2. The summed E-state index contributed by atoms with van der Waals surface area (Å²) in [4.78, 5) is 27.3. The summed E-state index contributed by atoms with van der Waals surface area (Å²) in [6.07, 6.45) is -1.53. The van der Waals surface area contributed by atoms with E-state index in [-0.39, 0.29) is 37.3 Å². The van der Waals surface area contributed by atoms with Gasteiger partial charge in [0.2, 0.25) is 0 Å². The van der Waals surface area contributed by atoms with Crippen LogP contribution < -0.4 is 10.6 Å². The van der Waals surface area contributed by atoms with Gasteiger partial charge in [-0.2, -0.15) is 0 Å². The number of amides is 2. The van der Waals surface area contributed by atoms with Gasteiger partial charge < -0.3 is 35.1 Å². The number of nitrogens with one attached hydrogen (secondary N) is 2. The predicted molar refractivity (Wildman–Crippen MR) is 194 cm³/mol. The quantitative estimate of drug-likeness (QED) is 0.125. The average molecular weight is 696 g/mol. The van der Waals surface area contributed by atoms with E-state index in [9.17, 15) is 19.8 Å². The Morgan fingerprint density at radius 1 is 0.843 bits per heavy atom. The molecule has 0 radical (unpaired) electrons. The first-order chi connectivity index (χ1) is 24.7. The number of carbonyl (C=O) groups excluding carboxylic acids is 2. The molecule has 10 heteroatoms. The lowest BCUT2D eigenvalue weighted by atomic mass is 9.89. The van der Waals surface area contributed by atoms with Gasteiger partial charge in [0.05, 0.1) is 32.0 Å². The Hall–Kier alpha value is -4.58. The first kappa shape index (κ1) is 37.7. The fourth-order valence-electron chi connectivity index (χ4n) is 6.32. The molecule has 2 amide bonds. The minimum atomic E-state index is -0.827. The molecule has 10 nitrogen and oxygen atoms in total. The van der Waals surface area contributed by atoms with Gasteiger partial charge in [-0.25, -0.2) is 9.59 Å². The Kier molecular flexibility index (Phi) is 13.3. The van der Waals surface area contributed by atoms with Crippen LogP contribution in [0.15, 0.2) is 109 Å². The van der Waals surface area contributed by atoms with Crippen molar-refractivity contribution in [2.24, 2.45) is 5.92 Å². The molecule has 0 aliphatic carbocycles. The monoisotopic (exact) mass is 695 g/mol. The van der Waals surface area contributed by atoms with Crippen molar-refractivity contribution >= 4 is 12.0 Å². The van der Waals surface area contributed by atoms with Crippen molar-refractivity contribution in [3.8, 4) is 0 Å². The zero-order chi connectivity index (χ0) is 36.3. The van der Waals surface area contributed by atoms with Crippen LogP contribution in [0.4, 0.5) is 4.79 Å². The van der Waals surface area contributed by atoms with Crippen LogP contribution in [0.25, 0.3) is 0 Å². The minimum Gasteiger partial charge on any atom is -0.467 e. The molecular weight excluding hydrogens is 646 g/mol. The highest BCUT2D eigenvalue weighted by molar-refractivity contribution is 5.83. The van der Waals surface area contributed by atoms with Crippen molar-refractivity contribution in [2.75, 3.05) is 20.7 Å². The number of hydrogen-bond acceptors (Lipinski definition) is 8. The van der Waals surface area contributed by atoms with Gasteiger partial charge in [0, 0.05) is 37.0 Å². The van der Waals surface area contributed by atoms with Gasteiger partial charge in [0.1, 0.15) is 6.04 Å². The second-order valence-corrected chi connectivity index (χ2v) is 13.2. The number of esters is 1. The molecule has 0 unspecified atom stereocenters. The lowest BCUT2D eigenvalue weighted by Crippen LogP contribution is -2.47. The number of ether oxygens (including phenoxy) is 3. The molecule has 0 spiro atoms. The normalized spacial score (nSPS) is 20.6. The van der Waals surface area contributed by atoms with Crippen molar-refractivity contribution in [2.45, 2.75) is 70.1 Å². The number of aliphatic hydroxyl groups excluding tert-OH is 2. The lowest BCUT2D eigenvalue weighted by Gasteiger charge is -2.43. The maximum absolute atomic E-state index is 12.8. The van der Waals surface area contributed by atoms with Gasteiger partial charge in [-0.05, 0) is 41.8 Å². The van der Waals surface area contributed by atoms with E-state index >= 15 is 0 Å². The summed E-state index contributed by atoms with van der Waals surface area (Å²) in [6.45, 7) is 4.89. The maximum Gasteiger partial charge on any atom is 0.328 e. The summed E-state index contributed by atoms with van der Waals surface area (Å²) < 4.78 is 18.2. The number of methoxy groups -OCH3 is 1. The minimum absolute atomic E-state index is 0.0255. The summed E-state index contributed by atoms with van der Waals surface area (Å²) in [5, 5.41) is 26.3. The highest BCUT2D eigenvalue weighted by atomic mass is 16.7. The second-order valence-electron chi connectivity index (χ2n) is 13.2. The van der Waals surface area contributed by atoms with E-state index in [4.69, 9.17) is 14.2 Å². The Bertz CT molecular complexity index is 1670. The van der Waals surface area contributed by atoms with Crippen LogP contribution in [0.3, 0.4) is 0 Å². The molecule has 1 fully saturated rings. The van der Waals surface area contributed by atoms with E-state index in [2.05, 4.69) is 22.5 Å². The van der Waals surface area contributed by atoms with E-state index in [1.807, 2.05) is 123 Å². The number of rotatable bonds is 14. The van der Waals surface area contributed by atoms with Crippen molar-refractivity contribution < 1.29 is 34.0 Å². The smallest absolute Gasteiger partial charge is 0.328 e. The molecule has 0 saturated carbocycles. The SMILES string of the molecule is COC(=O)[C@H](Cc1ccccc1)NC(=O)NCc1ccc([C@H]2O[C@@H](CN(C)[C@@H](C)[C@H](O)c3ccccc3)[C@@H](C)[C@@H](c3ccc(CO)cc3)O2)cc1. The van der Waals surface area contributed by atoms with E-state index in [0.29, 0.717) is 13.0 Å². The third kappa shape index (κ3) is 10.0. The number of nitrogens with zero attached hydrogens (tertiary/aromatic N) is 1. The van der Waals surface area contributed by atoms with E-state index in [0.717, 1.165) is 33.4 Å². The molecule has 5 rings (SSSR count). The largest absolute Gasteiger partial charge is 0.467 e. The summed E-state index contributed by atoms with van der Waals surface area (Å²) in [5.41, 5.74) is 5.26. The molecule has 1 aliphatic rings. The van der Waals surface area contributed by atoms with Crippen LogP contribution in [0, 0.1) is 5.92 Å². The summed E-state index contributed by atoms with van der Waals surface area (Å²) in [6, 6.07) is 33.1. The fourth-order valence-corrected chi connectivity index (χ4v) is 6.32. The number of benzene rings is 4. The fraction of sp³-hybridized carbons (Fsp3) is 0.366. The maximum atomic E-state index is 12.8.